The molecule has 0 aliphatic carbocycles. The first-order chi connectivity index (χ1) is 10.1. The van der Waals surface area contributed by atoms with Crippen LogP contribution in [0.3, 0.4) is 0 Å². The number of fused-ring (bicyclic) bond motifs is 1. The van der Waals surface area contributed by atoms with E-state index in [9.17, 15) is 4.79 Å². The highest BCUT2D eigenvalue weighted by molar-refractivity contribution is 6.31. The number of aryl methyl sites for hydroxylation is 1. The van der Waals surface area contributed by atoms with E-state index in [0.29, 0.717) is 5.02 Å². The third kappa shape index (κ3) is 2.47. The Morgan fingerprint density at radius 1 is 1.14 bits per heavy atom. The van der Waals surface area contributed by atoms with Crippen molar-refractivity contribution in [2.75, 3.05) is 0 Å². The number of hydrogen-bond donors (Lipinski definition) is 0. The van der Waals surface area contributed by atoms with E-state index in [0.717, 1.165) is 22.0 Å². The smallest absolute Gasteiger partial charge is 0.172 e. The summed E-state index contributed by atoms with van der Waals surface area (Å²) in [6, 6.07) is 15.5. The van der Waals surface area contributed by atoms with Crippen molar-refractivity contribution < 1.29 is 4.79 Å². The summed E-state index contributed by atoms with van der Waals surface area (Å²) < 4.78 is 1.95. The summed E-state index contributed by atoms with van der Waals surface area (Å²) in [6.45, 7) is 1.95. The van der Waals surface area contributed by atoms with E-state index in [1.165, 1.54) is 0 Å². The van der Waals surface area contributed by atoms with Crippen LogP contribution >= 0.6 is 11.6 Å². The molecule has 0 spiro atoms. The van der Waals surface area contributed by atoms with E-state index in [4.69, 9.17) is 11.6 Å². The van der Waals surface area contributed by atoms with Gasteiger partial charge in [-0.2, -0.15) is 0 Å². The summed E-state index contributed by atoms with van der Waals surface area (Å²) >= 11 is 6.04. The normalized spacial score (nSPS) is 12.5. The van der Waals surface area contributed by atoms with Crippen molar-refractivity contribution in [2.24, 2.45) is 7.05 Å². The molecule has 3 heteroatoms. The summed E-state index contributed by atoms with van der Waals surface area (Å²) in [5.41, 5.74) is 2.76. The van der Waals surface area contributed by atoms with Crippen molar-refractivity contribution >= 4 is 28.3 Å². The maximum absolute atomic E-state index is 12.8. The number of carbonyl (C=O) groups is 1. The largest absolute Gasteiger partial charge is 0.350 e. The summed E-state index contributed by atoms with van der Waals surface area (Å²) in [4.78, 5) is 12.8. The molecule has 106 valence electrons. The Kier molecular flexibility index (Phi) is 3.56. The molecule has 0 bridgehead atoms. The van der Waals surface area contributed by atoms with Crippen LogP contribution in [0.25, 0.3) is 10.9 Å². The predicted molar refractivity (Wildman–Crippen MR) is 87.1 cm³/mol. The topological polar surface area (TPSA) is 22.0 Å². The van der Waals surface area contributed by atoms with E-state index >= 15 is 0 Å². The molecule has 0 aliphatic rings. The van der Waals surface area contributed by atoms with Gasteiger partial charge < -0.3 is 4.57 Å². The third-order valence-electron chi connectivity index (χ3n) is 3.91. The minimum atomic E-state index is -0.160. The fourth-order valence-electron chi connectivity index (χ4n) is 2.68. The Morgan fingerprint density at radius 3 is 2.57 bits per heavy atom. The zero-order chi connectivity index (χ0) is 15.0. The predicted octanol–water partition coefficient (Wildman–Crippen LogP) is 4.82. The Hall–Kier alpha value is -2.06. The van der Waals surface area contributed by atoms with Gasteiger partial charge in [0.25, 0.3) is 0 Å². The molecule has 1 heterocycles. The molecular weight excluding hydrogens is 282 g/mol. The molecule has 1 atom stereocenters. The third-order valence-corrected chi connectivity index (χ3v) is 4.15. The van der Waals surface area contributed by atoms with Gasteiger partial charge in [0.1, 0.15) is 0 Å². The molecule has 0 amide bonds. The zero-order valence-corrected chi connectivity index (χ0v) is 12.8. The van der Waals surface area contributed by atoms with Gasteiger partial charge in [-0.1, -0.05) is 54.9 Å². The number of ketones is 1. The van der Waals surface area contributed by atoms with Crippen LogP contribution in [0.5, 0.6) is 0 Å². The molecule has 3 rings (SSSR count). The second-order valence-electron chi connectivity index (χ2n) is 5.31. The lowest BCUT2D eigenvalue weighted by atomic mass is 9.92. The maximum atomic E-state index is 12.8. The summed E-state index contributed by atoms with van der Waals surface area (Å²) in [5.74, 6) is -0.0263. The van der Waals surface area contributed by atoms with Gasteiger partial charge in [0.2, 0.25) is 0 Å². The summed E-state index contributed by atoms with van der Waals surface area (Å²) in [6.07, 6.45) is 1.89. The standard InChI is InChI=1S/C18H16ClNO/c1-12(13-6-4-3-5-7-13)18(21)16-11-20(2)17-10-14(19)8-9-15(16)17/h3-12H,1-2H3. The molecule has 0 radical (unpaired) electrons. The number of carbonyl (C=O) groups excluding carboxylic acids is 1. The van der Waals surface area contributed by atoms with Crippen LogP contribution < -0.4 is 0 Å². The number of hydrogen-bond acceptors (Lipinski definition) is 1. The van der Waals surface area contributed by atoms with Gasteiger partial charge in [-0.15, -0.1) is 0 Å². The van der Waals surface area contributed by atoms with Crippen molar-refractivity contribution in [3.63, 3.8) is 0 Å². The molecule has 0 saturated carbocycles. The summed E-state index contributed by atoms with van der Waals surface area (Å²) in [7, 11) is 1.93. The van der Waals surface area contributed by atoms with Gasteiger partial charge >= 0.3 is 0 Å². The second-order valence-corrected chi connectivity index (χ2v) is 5.75. The van der Waals surface area contributed by atoms with E-state index in [2.05, 4.69) is 0 Å². The molecule has 0 N–H and O–H groups in total. The first-order valence-electron chi connectivity index (χ1n) is 6.91. The van der Waals surface area contributed by atoms with Crippen LogP contribution in [0.15, 0.2) is 54.7 Å². The summed E-state index contributed by atoms with van der Waals surface area (Å²) in [5, 5.41) is 1.63. The lowest BCUT2D eigenvalue weighted by Crippen LogP contribution is -2.09. The molecule has 2 nitrogen and oxygen atoms in total. The fourth-order valence-corrected chi connectivity index (χ4v) is 2.85. The molecule has 3 aromatic rings. The van der Waals surface area contributed by atoms with Crippen molar-refractivity contribution in [1.29, 1.82) is 0 Å². The number of benzene rings is 2. The first kappa shape index (κ1) is 13.9. The van der Waals surface area contributed by atoms with Crippen molar-refractivity contribution in [1.82, 2.24) is 4.57 Å². The average molecular weight is 298 g/mol. The molecule has 2 aromatic carbocycles. The Balaban J connectivity index is 2.06. The highest BCUT2D eigenvalue weighted by Gasteiger charge is 2.21. The lowest BCUT2D eigenvalue weighted by Gasteiger charge is -2.10. The minimum absolute atomic E-state index is 0.133. The van der Waals surface area contributed by atoms with E-state index < -0.39 is 0 Å². The number of halogens is 1. The van der Waals surface area contributed by atoms with E-state index in [1.807, 2.05) is 73.3 Å². The van der Waals surface area contributed by atoms with Gasteiger partial charge in [-0.3, -0.25) is 4.79 Å². The molecule has 0 saturated heterocycles. The molecule has 0 aliphatic heterocycles. The highest BCUT2D eigenvalue weighted by atomic mass is 35.5. The minimum Gasteiger partial charge on any atom is -0.350 e. The SMILES string of the molecule is CC(C(=O)c1cn(C)c2cc(Cl)ccc12)c1ccccc1. The number of Topliss-reactive ketones (excluding diaryl/α,β-unsaturated/α-hetero) is 1. The Bertz CT molecular complexity index is 805. The number of aromatic nitrogens is 1. The maximum Gasteiger partial charge on any atom is 0.172 e. The van der Waals surface area contributed by atoms with Crippen molar-refractivity contribution in [2.45, 2.75) is 12.8 Å². The fraction of sp³-hybridized carbons (Fsp3) is 0.167. The van der Waals surface area contributed by atoms with Gasteiger partial charge in [-0.05, 0) is 17.7 Å². The van der Waals surface area contributed by atoms with Gasteiger partial charge in [-0.25, -0.2) is 0 Å². The van der Waals surface area contributed by atoms with Crippen molar-refractivity contribution in [3.8, 4) is 0 Å². The van der Waals surface area contributed by atoms with Crippen LogP contribution in [-0.2, 0) is 7.05 Å². The van der Waals surface area contributed by atoms with Crippen LogP contribution in [0.2, 0.25) is 5.02 Å². The Morgan fingerprint density at radius 2 is 1.86 bits per heavy atom. The molecule has 21 heavy (non-hydrogen) atoms. The van der Waals surface area contributed by atoms with Gasteiger partial charge in [0.15, 0.2) is 5.78 Å². The van der Waals surface area contributed by atoms with E-state index in [1.54, 1.807) is 0 Å². The molecule has 1 aromatic heterocycles. The first-order valence-corrected chi connectivity index (χ1v) is 7.29. The second kappa shape index (κ2) is 5.38. The number of nitrogens with zero attached hydrogens (tertiary/aromatic N) is 1. The highest BCUT2D eigenvalue weighted by Crippen LogP contribution is 2.28. The van der Waals surface area contributed by atoms with Gasteiger partial charge in [0.05, 0.1) is 0 Å². The number of rotatable bonds is 3. The molecular formula is C18H16ClNO. The zero-order valence-electron chi connectivity index (χ0n) is 12.0. The van der Waals surface area contributed by atoms with Gasteiger partial charge in [0, 0.05) is 40.7 Å². The van der Waals surface area contributed by atoms with Crippen LogP contribution in [-0.4, -0.2) is 10.4 Å². The average Bonchev–Trinajstić information content (AvgIpc) is 2.83. The van der Waals surface area contributed by atoms with Crippen LogP contribution in [0.1, 0.15) is 28.8 Å². The Labute approximate surface area is 129 Å². The monoisotopic (exact) mass is 297 g/mol. The molecule has 1 unspecified atom stereocenters. The van der Waals surface area contributed by atoms with E-state index in [-0.39, 0.29) is 11.7 Å². The quantitative estimate of drug-likeness (QED) is 0.635. The lowest BCUT2D eigenvalue weighted by molar-refractivity contribution is 0.0967. The van der Waals surface area contributed by atoms with Crippen LogP contribution in [0, 0.1) is 0 Å². The molecule has 0 fully saturated rings. The van der Waals surface area contributed by atoms with Crippen LogP contribution in [0.4, 0.5) is 0 Å². The van der Waals surface area contributed by atoms with Crippen molar-refractivity contribution in [3.05, 3.63) is 70.9 Å².